The van der Waals surface area contributed by atoms with Crippen molar-refractivity contribution in [1.82, 2.24) is 24.5 Å². The molecule has 0 amide bonds. The summed E-state index contributed by atoms with van der Waals surface area (Å²) in [6.07, 6.45) is 5.81. The molecule has 3 aromatic heterocycles. The molecule has 0 bridgehead atoms. The number of hydrogen-bond donors (Lipinski definition) is 0. The summed E-state index contributed by atoms with van der Waals surface area (Å²) < 4.78 is 47.9. The van der Waals surface area contributed by atoms with Crippen LogP contribution in [-0.2, 0) is 4.74 Å². The fourth-order valence-corrected chi connectivity index (χ4v) is 2.85. The van der Waals surface area contributed by atoms with Crippen molar-refractivity contribution in [3.63, 3.8) is 0 Å². The highest BCUT2D eigenvalue weighted by Gasteiger charge is 2.22. The van der Waals surface area contributed by atoms with Crippen molar-refractivity contribution in [2.45, 2.75) is 19.0 Å². The summed E-state index contributed by atoms with van der Waals surface area (Å²) in [4.78, 5) is 4.37. The van der Waals surface area contributed by atoms with Gasteiger partial charge in [-0.05, 0) is 34.5 Å². The van der Waals surface area contributed by atoms with Gasteiger partial charge in [-0.25, -0.2) is 9.07 Å². The molecular formula is C16H15BrF3N5O. The molecule has 0 saturated heterocycles. The second kappa shape index (κ2) is 8.00. The van der Waals surface area contributed by atoms with Crippen molar-refractivity contribution in [1.29, 1.82) is 0 Å². The summed E-state index contributed by atoms with van der Waals surface area (Å²) in [6.45, 7) is -2.50. The number of halogens is 4. The van der Waals surface area contributed by atoms with Crippen LogP contribution in [0.3, 0.4) is 0 Å². The summed E-state index contributed by atoms with van der Waals surface area (Å²) in [7, 11) is 1.58. The summed E-state index contributed by atoms with van der Waals surface area (Å²) >= 11 is 3.33. The van der Waals surface area contributed by atoms with Crippen molar-refractivity contribution in [2.24, 2.45) is 0 Å². The van der Waals surface area contributed by atoms with Crippen molar-refractivity contribution in [2.75, 3.05) is 13.7 Å². The van der Waals surface area contributed by atoms with Gasteiger partial charge < -0.3 is 4.74 Å². The quantitative estimate of drug-likeness (QED) is 0.568. The number of rotatable bonds is 7. The number of ether oxygens (including phenoxy) is 1. The molecule has 0 saturated carbocycles. The molecule has 1 unspecified atom stereocenters. The first-order valence-electron chi connectivity index (χ1n) is 7.67. The van der Waals surface area contributed by atoms with Gasteiger partial charge in [0, 0.05) is 36.1 Å². The molecule has 138 valence electrons. The van der Waals surface area contributed by atoms with Crippen molar-refractivity contribution >= 4 is 15.9 Å². The minimum Gasteiger partial charge on any atom is -0.385 e. The van der Waals surface area contributed by atoms with Crippen molar-refractivity contribution in [3.05, 3.63) is 52.9 Å². The first-order chi connectivity index (χ1) is 12.5. The minimum absolute atomic E-state index is 0.208. The van der Waals surface area contributed by atoms with Gasteiger partial charge in [-0.3, -0.25) is 9.67 Å². The average molecular weight is 430 g/mol. The van der Waals surface area contributed by atoms with Gasteiger partial charge in [0.25, 0.3) is 0 Å². The first-order valence-corrected chi connectivity index (χ1v) is 8.46. The summed E-state index contributed by atoms with van der Waals surface area (Å²) in [5.41, 5.74) is 0.628. The maximum absolute atomic E-state index is 13.9. The summed E-state index contributed by atoms with van der Waals surface area (Å²) in [5, 5.41) is 7.60. The van der Waals surface area contributed by atoms with Crippen LogP contribution in [0.5, 0.6) is 0 Å². The summed E-state index contributed by atoms with van der Waals surface area (Å²) in [6, 6.07) is 3.39. The molecule has 0 aliphatic carbocycles. The third-order valence-corrected chi connectivity index (χ3v) is 4.29. The highest BCUT2D eigenvalue weighted by Crippen LogP contribution is 2.29. The van der Waals surface area contributed by atoms with Gasteiger partial charge in [-0.2, -0.15) is 19.0 Å². The van der Waals surface area contributed by atoms with E-state index in [1.54, 1.807) is 18.0 Å². The van der Waals surface area contributed by atoms with E-state index in [4.69, 9.17) is 4.74 Å². The van der Waals surface area contributed by atoms with E-state index in [0.717, 1.165) is 16.4 Å². The molecule has 0 fully saturated rings. The standard InChI is InChI=1S/C16H15BrF3N5O/c1-26-5-4-14(13-3-2-11(17)7-21-13)24-9-10(6-22-24)15-12(18)8-23-25(15)16(19)20/h2-3,6-9,14,16H,4-5H2,1H3. The Morgan fingerprint density at radius 3 is 2.65 bits per heavy atom. The van der Waals surface area contributed by atoms with Gasteiger partial charge in [-0.1, -0.05) is 0 Å². The van der Waals surface area contributed by atoms with Gasteiger partial charge in [0.1, 0.15) is 5.69 Å². The van der Waals surface area contributed by atoms with E-state index in [0.29, 0.717) is 17.7 Å². The van der Waals surface area contributed by atoms with Crippen LogP contribution in [0.1, 0.15) is 24.7 Å². The van der Waals surface area contributed by atoms with E-state index >= 15 is 0 Å². The molecule has 0 N–H and O–H groups in total. The lowest BCUT2D eigenvalue weighted by Crippen LogP contribution is -2.15. The van der Waals surface area contributed by atoms with Crippen LogP contribution >= 0.6 is 15.9 Å². The minimum atomic E-state index is -2.95. The molecule has 0 aliphatic rings. The molecule has 1 atom stereocenters. The molecule has 0 spiro atoms. The topological polar surface area (TPSA) is 57.8 Å². The van der Waals surface area contributed by atoms with Gasteiger partial charge in [0.05, 0.1) is 24.1 Å². The number of methoxy groups -OCH3 is 1. The van der Waals surface area contributed by atoms with Crippen LogP contribution in [0.4, 0.5) is 13.2 Å². The average Bonchev–Trinajstić information content (AvgIpc) is 3.23. The molecule has 0 aromatic carbocycles. The highest BCUT2D eigenvalue weighted by atomic mass is 79.9. The highest BCUT2D eigenvalue weighted by molar-refractivity contribution is 9.10. The van der Waals surface area contributed by atoms with Crippen LogP contribution in [0.15, 0.2) is 41.4 Å². The maximum Gasteiger partial charge on any atom is 0.333 e. The van der Waals surface area contributed by atoms with E-state index < -0.39 is 12.4 Å². The molecule has 3 aromatic rings. The molecule has 0 radical (unpaired) electrons. The normalized spacial score (nSPS) is 12.7. The second-order valence-corrected chi connectivity index (χ2v) is 6.39. The summed E-state index contributed by atoms with van der Waals surface area (Å²) in [5.74, 6) is -0.833. The van der Waals surface area contributed by atoms with Crippen LogP contribution in [0, 0.1) is 5.82 Å². The smallest absolute Gasteiger partial charge is 0.333 e. The largest absolute Gasteiger partial charge is 0.385 e. The molecular weight excluding hydrogens is 415 g/mol. The fraction of sp³-hybridized carbons (Fsp3) is 0.312. The predicted molar refractivity (Wildman–Crippen MR) is 91.2 cm³/mol. The van der Waals surface area contributed by atoms with Crippen LogP contribution in [0.2, 0.25) is 0 Å². The Labute approximate surface area is 155 Å². The van der Waals surface area contributed by atoms with Crippen LogP contribution in [0.25, 0.3) is 11.3 Å². The number of nitrogens with zero attached hydrogens (tertiary/aromatic N) is 5. The van der Waals surface area contributed by atoms with E-state index in [9.17, 15) is 13.2 Å². The number of hydrogen-bond acceptors (Lipinski definition) is 4. The maximum atomic E-state index is 13.9. The number of alkyl halides is 2. The Balaban J connectivity index is 1.97. The fourth-order valence-electron chi connectivity index (χ4n) is 2.62. The lowest BCUT2D eigenvalue weighted by Gasteiger charge is -2.17. The van der Waals surface area contributed by atoms with Crippen molar-refractivity contribution in [3.8, 4) is 11.3 Å². The SMILES string of the molecule is COCCC(c1ccc(Br)cn1)n1cc(-c2c(F)cnn2C(F)F)cn1. The van der Waals surface area contributed by atoms with Gasteiger partial charge in [0.2, 0.25) is 0 Å². The first kappa shape index (κ1) is 18.6. The predicted octanol–water partition coefficient (Wildman–Crippen LogP) is 4.06. The van der Waals surface area contributed by atoms with E-state index in [-0.39, 0.29) is 17.3 Å². The third kappa shape index (κ3) is 3.80. The molecule has 10 heteroatoms. The zero-order chi connectivity index (χ0) is 18.7. The monoisotopic (exact) mass is 429 g/mol. The van der Waals surface area contributed by atoms with Crippen LogP contribution in [-0.4, -0.2) is 38.3 Å². The zero-order valence-corrected chi connectivity index (χ0v) is 15.3. The van der Waals surface area contributed by atoms with Crippen molar-refractivity contribution < 1.29 is 17.9 Å². The Morgan fingerprint density at radius 2 is 2.00 bits per heavy atom. The van der Waals surface area contributed by atoms with Gasteiger partial charge in [-0.15, -0.1) is 0 Å². The number of aromatic nitrogens is 5. The molecule has 0 aliphatic heterocycles. The lowest BCUT2D eigenvalue weighted by molar-refractivity contribution is 0.0582. The second-order valence-electron chi connectivity index (χ2n) is 5.47. The molecule has 3 heterocycles. The third-order valence-electron chi connectivity index (χ3n) is 3.82. The zero-order valence-electron chi connectivity index (χ0n) is 13.7. The van der Waals surface area contributed by atoms with Gasteiger partial charge >= 0.3 is 6.55 Å². The Morgan fingerprint density at radius 1 is 1.19 bits per heavy atom. The van der Waals surface area contributed by atoms with E-state index in [2.05, 4.69) is 31.1 Å². The van der Waals surface area contributed by atoms with E-state index in [1.807, 2.05) is 12.1 Å². The molecule has 26 heavy (non-hydrogen) atoms. The van der Waals surface area contributed by atoms with E-state index in [1.165, 1.54) is 12.4 Å². The Hall–Kier alpha value is -2.20. The number of pyridine rings is 1. The molecule has 6 nitrogen and oxygen atoms in total. The lowest BCUT2D eigenvalue weighted by atomic mass is 10.1. The Bertz CT molecular complexity index is 865. The molecule has 3 rings (SSSR count). The van der Waals surface area contributed by atoms with Crippen LogP contribution < -0.4 is 0 Å². The Kier molecular flexibility index (Phi) is 5.72. The van der Waals surface area contributed by atoms with Gasteiger partial charge in [0.15, 0.2) is 5.82 Å².